The number of halogens is 3. The zero-order valence-corrected chi connectivity index (χ0v) is 14.7. The van der Waals surface area contributed by atoms with Crippen LogP contribution in [0.15, 0.2) is 24.3 Å². The van der Waals surface area contributed by atoms with Crippen LogP contribution in [0.3, 0.4) is 0 Å². The van der Waals surface area contributed by atoms with Crippen LogP contribution in [0, 0.1) is 0 Å². The van der Waals surface area contributed by atoms with Gasteiger partial charge in [0.15, 0.2) is 0 Å². The first-order valence-electron chi connectivity index (χ1n) is 8.64. The number of morpholine rings is 1. The third kappa shape index (κ3) is 4.45. The normalized spacial score (nSPS) is 27.3. The van der Waals surface area contributed by atoms with Gasteiger partial charge in [-0.1, -0.05) is 23.7 Å². The quantitative estimate of drug-likeness (QED) is 0.893. The molecule has 2 fully saturated rings. The van der Waals surface area contributed by atoms with Gasteiger partial charge in [0.25, 0.3) is 5.92 Å². The predicted molar refractivity (Wildman–Crippen MR) is 91.9 cm³/mol. The Balaban J connectivity index is 1.74. The Morgan fingerprint density at radius 2 is 1.92 bits per heavy atom. The van der Waals surface area contributed by atoms with Crippen molar-refractivity contribution in [3.05, 3.63) is 34.9 Å². The molecule has 6 heteroatoms. The van der Waals surface area contributed by atoms with Crippen molar-refractivity contribution in [1.29, 1.82) is 0 Å². The average molecular weight is 359 g/mol. The molecular formula is C18H25ClF2N2O. The van der Waals surface area contributed by atoms with E-state index in [2.05, 4.69) is 10.2 Å². The lowest BCUT2D eigenvalue weighted by atomic mass is 9.96. The fourth-order valence-corrected chi connectivity index (χ4v) is 3.80. The number of piperidine rings is 1. The molecule has 0 unspecified atom stereocenters. The molecule has 3 nitrogen and oxygen atoms in total. The molecule has 0 aliphatic carbocycles. The summed E-state index contributed by atoms with van der Waals surface area (Å²) >= 11 is 5.95. The molecule has 0 spiro atoms. The number of nitrogens with one attached hydrogen (secondary N) is 1. The van der Waals surface area contributed by atoms with Crippen LogP contribution in [0.5, 0.6) is 0 Å². The second-order valence-corrected chi connectivity index (χ2v) is 7.38. The minimum Gasteiger partial charge on any atom is -0.369 e. The SMILES string of the molecule is CC(F)(F)[C@H]1CN(C2CCNCC2)[C@@H](Cc2ccc(Cl)cc2)CO1. The number of hydrogen-bond donors (Lipinski definition) is 1. The Bertz CT molecular complexity index is 529. The summed E-state index contributed by atoms with van der Waals surface area (Å²) in [6, 6.07) is 8.23. The molecule has 2 aliphatic heterocycles. The Morgan fingerprint density at radius 1 is 1.25 bits per heavy atom. The van der Waals surface area contributed by atoms with Gasteiger partial charge in [-0.05, 0) is 50.0 Å². The molecule has 0 aromatic heterocycles. The van der Waals surface area contributed by atoms with Crippen LogP contribution < -0.4 is 5.32 Å². The predicted octanol–water partition coefficient (Wildman–Crippen LogP) is 3.36. The van der Waals surface area contributed by atoms with Crippen molar-refractivity contribution in [2.75, 3.05) is 26.2 Å². The first-order valence-corrected chi connectivity index (χ1v) is 9.01. The lowest BCUT2D eigenvalue weighted by Gasteiger charge is -2.46. The molecule has 1 aromatic carbocycles. The Kier molecular flexibility index (Phi) is 5.75. The van der Waals surface area contributed by atoms with E-state index in [1.165, 1.54) is 0 Å². The van der Waals surface area contributed by atoms with E-state index >= 15 is 0 Å². The van der Waals surface area contributed by atoms with Crippen molar-refractivity contribution in [2.45, 2.75) is 50.3 Å². The van der Waals surface area contributed by atoms with Crippen LogP contribution in [0.25, 0.3) is 0 Å². The van der Waals surface area contributed by atoms with Crippen LogP contribution in [0.2, 0.25) is 5.02 Å². The fraction of sp³-hybridized carbons (Fsp3) is 0.667. The van der Waals surface area contributed by atoms with E-state index in [0.29, 0.717) is 24.2 Å². The van der Waals surface area contributed by atoms with Crippen LogP contribution >= 0.6 is 11.6 Å². The largest absolute Gasteiger partial charge is 0.369 e. The minimum absolute atomic E-state index is 0.132. The molecule has 134 valence electrons. The van der Waals surface area contributed by atoms with E-state index in [0.717, 1.165) is 44.8 Å². The van der Waals surface area contributed by atoms with E-state index in [-0.39, 0.29) is 6.04 Å². The molecule has 2 aliphatic rings. The molecule has 0 bridgehead atoms. The summed E-state index contributed by atoms with van der Waals surface area (Å²) in [7, 11) is 0. The van der Waals surface area contributed by atoms with Gasteiger partial charge in [-0.2, -0.15) is 0 Å². The molecular weight excluding hydrogens is 334 g/mol. The molecule has 0 amide bonds. The van der Waals surface area contributed by atoms with Gasteiger partial charge in [0, 0.05) is 30.6 Å². The topological polar surface area (TPSA) is 24.5 Å². The van der Waals surface area contributed by atoms with E-state index in [9.17, 15) is 8.78 Å². The summed E-state index contributed by atoms with van der Waals surface area (Å²) in [6.07, 6.45) is 1.77. The highest BCUT2D eigenvalue weighted by atomic mass is 35.5. The van der Waals surface area contributed by atoms with E-state index in [1.807, 2.05) is 24.3 Å². The Hall–Kier alpha value is -0.750. The maximum absolute atomic E-state index is 13.8. The lowest BCUT2D eigenvalue weighted by Crippen LogP contribution is -2.59. The molecule has 3 rings (SSSR count). The van der Waals surface area contributed by atoms with Crippen molar-refractivity contribution in [1.82, 2.24) is 10.2 Å². The molecule has 0 saturated carbocycles. The second kappa shape index (κ2) is 7.65. The van der Waals surface area contributed by atoms with Crippen molar-refractivity contribution < 1.29 is 13.5 Å². The standard InChI is InChI=1S/C18H25ClF2N2O/c1-18(20,21)17-11-23(15-6-8-22-9-7-15)16(12-24-17)10-13-2-4-14(19)5-3-13/h2-5,15-17,22H,6-12H2,1H3/t16-,17+/m0/s1. The van der Waals surface area contributed by atoms with Gasteiger partial charge < -0.3 is 10.1 Å². The van der Waals surface area contributed by atoms with Crippen molar-refractivity contribution in [3.63, 3.8) is 0 Å². The van der Waals surface area contributed by atoms with Crippen molar-refractivity contribution in [2.24, 2.45) is 0 Å². The Morgan fingerprint density at radius 3 is 2.54 bits per heavy atom. The summed E-state index contributed by atoms with van der Waals surface area (Å²) in [4.78, 5) is 2.26. The fourth-order valence-electron chi connectivity index (χ4n) is 3.68. The monoisotopic (exact) mass is 358 g/mol. The smallest absolute Gasteiger partial charge is 0.272 e. The van der Waals surface area contributed by atoms with E-state index < -0.39 is 12.0 Å². The molecule has 24 heavy (non-hydrogen) atoms. The molecule has 2 atom stereocenters. The van der Waals surface area contributed by atoms with Gasteiger partial charge in [0.1, 0.15) is 6.10 Å². The number of benzene rings is 1. The Labute approximate surface area is 147 Å². The number of hydrogen-bond acceptors (Lipinski definition) is 3. The summed E-state index contributed by atoms with van der Waals surface area (Å²) in [5, 5.41) is 4.05. The van der Waals surface area contributed by atoms with Crippen LogP contribution in [0.1, 0.15) is 25.3 Å². The van der Waals surface area contributed by atoms with Gasteiger partial charge in [-0.3, -0.25) is 4.90 Å². The van der Waals surface area contributed by atoms with Crippen LogP contribution in [-0.4, -0.2) is 55.3 Å². The first-order chi connectivity index (χ1) is 11.4. The minimum atomic E-state index is -2.81. The summed E-state index contributed by atoms with van der Waals surface area (Å²) in [5.74, 6) is -2.81. The number of rotatable bonds is 4. The summed E-state index contributed by atoms with van der Waals surface area (Å²) in [6.45, 7) is 3.50. The second-order valence-electron chi connectivity index (χ2n) is 6.94. The van der Waals surface area contributed by atoms with Crippen LogP contribution in [0.4, 0.5) is 8.78 Å². The maximum Gasteiger partial charge on any atom is 0.272 e. The van der Waals surface area contributed by atoms with Gasteiger partial charge in [-0.15, -0.1) is 0 Å². The van der Waals surface area contributed by atoms with Gasteiger partial charge in [-0.25, -0.2) is 8.78 Å². The summed E-state index contributed by atoms with van der Waals surface area (Å²) in [5.41, 5.74) is 1.16. The van der Waals surface area contributed by atoms with Crippen molar-refractivity contribution in [3.8, 4) is 0 Å². The van der Waals surface area contributed by atoms with E-state index in [4.69, 9.17) is 16.3 Å². The van der Waals surface area contributed by atoms with Gasteiger partial charge in [0.2, 0.25) is 0 Å². The summed E-state index contributed by atoms with van der Waals surface area (Å²) < 4.78 is 33.1. The van der Waals surface area contributed by atoms with E-state index in [1.54, 1.807) is 0 Å². The maximum atomic E-state index is 13.8. The van der Waals surface area contributed by atoms with Crippen molar-refractivity contribution >= 4 is 11.6 Å². The third-order valence-corrected chi connectivity index (χ3v) is 5.32. The lowest BCUT2D eigenvalue weighted by molar-refractivity contribution is -0.178. The zero-order valence-electron chi connectivity index (χ0n) is 14.0. The average Bonchev–Trinajstić information content (AvgIpc) is 2.57. The number of nitrogens with zero attached hydrogens (tertiary/aromatic N) is 1. The molecule has 2 heterocycles. The first kappa shape index (κ1) is 18.1. The van der Waals surface area contributed by atoms with Gasteiger partial charge in [0.05, 0.1) is 6.61 Å². The molecule has 2 saturated heterocycles. The highest BCUT2D eigenvalue weighted by molar-refractivity contribution is 6.30. The highest BCUT2D eigenvalue weighted by Crippen LogP contribution is 2.30. The highest BCUT2D eigenvalue weighted by Gasteiger charge is 2.43. The zero-order chi connectivity index (χ0) is 17.2. The number of alkyl halides is 2. The molecule has 1 aromatic rings. The van der Waals surface area contributed by atoms with Crippen LogP contribution in [-0.2, 0) is 11.2 Å². The molecule has 1 N–H and O–H groups in total. The third-order valence-electron chi connectivity index (χ3n) is 5.06. The van der Waals surface area contributed by atoms with Gasteiger partial charge >= 0.3 is 0 Å². The number of ether oxygens (including phenoxy) is 1. The molecule has 0 radical (unpaired) electrons.